The van der Waals surface area contributed by atoms with Gasteiger partial charge in [0.2, 0.25) is 11.8 Å². The molecule has 0 unspecified atom stereocenters. The van der Waals surface area contributed by atoms with Crippen LogP contribution in [-0.4, -0.2) is 61.1 Å². The molecule has 2 aliphatic heterocycles. The molecule has 7 nitrogen and oxygen atoms in total. The number of hydrogen-bond donors (Lipinski definition) is 2. The SMILES string of the molecule is CNC(=O)[C@]12CCOC[C@H]1CN(C(=O)C(C)(C)C(=O)O)C2. The highest BCUT2D eigenvalue weighted by atomic mass is 16.5. The molecule has 2 fully saturated rings. The highest BCUT2D eigenvalue weighted by molar-refractivity contribution is 6.01. The largest absolute Gasteiger partial charge is 0.480 e. The van der Waals surface area contributed by atoms with Crippen LogP contribution in [-0.2, 0) is 19.1 Å². The molecule has 7 heteroatoms. The maximum atomic E-state index is 12.5. The molecule has 21 heavy (non-hydrogen) atoms. The zero-order chi connectivity index (χ0) is 15.8. The van der Waals surface area contributed by atoms with Gasteiger partial charge in [0, 0.05) is 32.7 Å². The number of carbonyl (C=O) groups excluding carboxylic acids is 2. The van der Waals surface area contributed by atoms with E-state index in [4.69, 9.17) is 4.74 Å². The standard InChI is InChI=1S/C14H22N2O5/c1-13(2,12(19)20)11(18)16-6-9-7-21-5-4-14(9,8-16)10(17)15-3/h9H,4-8H2,1-3H3,(H,15,17)(H,19,20)/t9-,14+/m1/s1. The van der Waals surface area contributed by atoms with Gasteiger partial charge in [-0.25, -0.2) is 0 Å². The van der Waals surface area contributed by atoms with Crippen molar-refractivity contribution < 1.29 is 24.2 Å². The predicted octanol–water partition coefficient (Wildman–Crippen LogP) is -0.292. The average Bonchev–Trinajstić information content (AvgIpc) is 2.85. The smallest absolute Gasteiger partial charge is 0.318 e. The van der Waals surface area contributed by atoms with Crippen molar-refractivity contribution in [2.24, 2.45) is 16.7 Å². The van der Waals surface area contributed by atoms with Crippen LogP contribution < -0.4 is 5.32 Å². The molecule has 118 valence electrons. The zero-order valence-corrected chi connectivity index (χ0v) is 12.6. The normalized spacial score (nSPS) is 28.9. The minimum atomic E-state index is -1.49. The first kappa shape index (κ1) is 15.8. The van der Waals surface area contributed by atoms with Crippen molar-refractivity contribution in [1.82, 2.24) is 10.2 Å². The lowest BCUT2D eigenvalue weighted by atomic mass is 9.73. The molecule has 0 aromatic heterocycles. The number of likely N-dealkylation sites (tertiary alicyclic amines) is 1. The number of nitrogens with one attached hydrogen (secondary N) is 1. The van der Waals surface area contributed by atoms with Gasteiger partial charge in [-0.1, -0.05) is 0 Å². The molecule has 0 aromatic carbocycles. The van der Waals surface area contributed by atoms with Gasteiger partial charge < -0.3 is 20.1 Å². The van der Waals surface area contributed by atoms with Crippen molar-refractivity contribution in [1.29, 1.82) is 0 Å². The molecule has 0 aromatic rings. The average molecular weight is 298 g/mol. The van der Waals surface area contributed by atoms with Crippen LogP contribution in [0, 0.1) is 16.7 Å². The molecule has 2 aliphatic rings. The van der Waals surface area contributed by atoms with E-state index in [0.717, 1.165) is 0 Å². The van der Waals surface area contributed by atoms with Gasteiger partial charge in [0.05, 0.1) is 12.0 Å². The van der Waals surface area contributed by atoms with E-state index >= 15 is 0 Å². The number of hydrogen-bond acceptors (Lipinski definition) is 4. The third-order valence-corrected chi connectivity index (χ3v) is 4.74. The van der Waals surface area contributed by atoms with Gasteiger partial charge in [-0.2, -0.15) is 0 Å². The number of rotatable bonds is 3. The third-order valence-electron chi connectivity index (χ3n) is 4.74. The van der Waals surface area contributed by atoms with Crippen LogP contribution in [0.1, 0.15) is 20.3 Å². The van der Waals surface area contributed by atoms with Gasteiger partial charge in [0.25, 0.3) is 0 Å². The van der Waals surface area contributed by atoms with E-state index in [2.05, 4.69) is 5.32 Å². The number of carboxylic acids is 1. The summed E-state index contributed by atoms with van der Waals surface area (Å²) >= 11 is 0. The van der Waals surface area contributed by atoms with Crippen molar-refractivity contribution in [2.45, 2.75) is 20.3 Å². The summed E-state index contributed by atoms with van der Waals surface area (Å²) in [4.78, 5) is 37.5. The number of nitrogens with zero attached hydrogens (tertiary/aromatic N) is 1. The van der Waals surface area contributed by atoms with E-state index in [-0.39, 0.29) is 18.4 Å². The maximum Gasteiger partial charge on any atom is 0.318 e. The van der Waals surface area contributed by atoms with Crippen LogP contribution in [0.4, 0.5) is 0 Å². The zero-order valence-electron chi connectivity index (χ0n) is 12.6. The lowest BCUT2D eigenvalue weighted by molar-refractivity contribution is -0.157. The first-order valence-electron chi connectivity index (χ1n) is 7.08. The quantitative estimate of drug-likeness (QED) is 0.698. The number of amides is 2. The van der Waals surface area contributed by atoms with Gasteiger partial charge >= 0.3 is 5.97 Å². The van der Waals surface area contributed by atoms with E-state index in [0.29, 0.717) is 26.2 Å². The van der Waals surface area contributed by atoms with E-state index in [9.17, 15) is 19.5 Å². The van der Waals surface area contributed by atoms with Crippen LogP contribution in [0.15, 0.2) is 0 Å². The Hall–Kier alpha value is -1.63. The van der Waals surface area contributed by atoms with Crippen molar-refractivity contribution in [2.75, 3.05) is 33.4 Å². The van der Waals surface area contributed by atoms with Crippen molar-refractivity contribution in [3.05, 3.63) is 0 Å². The number of aliphatic carboxylic acids is 1. The Morgan fingerprint density at radius 3 is 2.62 bits per heavy atom. The molecule has 2 heterocycles. The predicted molar refractivity (Wildman–Crippen MR) is 73.4 cm³/mol. The van der Waals surface area contributed by atoms with Crippen LogP contribution in [0.3, 0.4) is 0 Å². The van der Waals surface area contributed by atoms with E-state index in [1.54, 1.807) is 7.05 Å². The Balaban J connectivity index is 2.25. The fourth-order valence-electron chi connectivity index (χ4n) is 3.21. The van der Waals surface area contributed by atoms with Gasteiger partial charge in [-0.15, -0.1) is 0 Å². The molecule has 2 atom stereocenters. The summed E-state index contributed by atoms with van der Waals surface area (Å²) in [6.07, 6.45) is 0.550. The Morgan fingerprint density at radius 2 is 2.05 bits per heavy atom. The lowest BCUT2D eigenvalue weighted by Gasteiger charge is -2.36. The van der Waals surface area contributed by atoms with E-state index in [1.807, 2.05) is 0 Å². The molecule has 0 aliphatic carbocycles. The molecule has 0 spiro atoms. The summed E-state index contributed by atoms with van der Waals surface area (Å²) in [6.45, 7) is 4.31. The number of ether oxygens (including phenoxy) is 1. The number of fused-ring (bicyclic) bond motifs is 1. The Bertz CT molecular complexity index is 476. The van der Waals surface area contributed by atoms with E-state index in [1.165, 1.54) is 18.7 Å². The molecular formula is C14H22N2O5. The van der Waals surface area contributed by atoms with Crippen molar-refractivity contribution in [3.8, 4) is 0 Å². The van der Waals surface area contributed by atoms with Crippen LogP contribution in [0.2, 0.25) is 0 Å². The Kier molecular flexibility index (Phi) is 3.97. The van der Waals surface area contributed by atoms with Crippen LogP contribution >= 0.6 is 0 Å². The van der Waals surface area contributed by atoms with Crippen LogP contribution in [0.25, 0.3) is 0 Å². The minimum absolute atomic E-state index is 0.0836. The summed E-state index contributed by atoms with van der Waals surface area (Å²) < 4.78 is 5.43. The molecule has 0 saturated carbocycles. The van der Waals surface area contributed by atoms with Crippen molar-refractivity contribution in [3.63, 3.8) is 0 Å². The number of carboxylic acid groups (broad SMARTS) is 1. The fourth-order valence-corrected chi connectivity index (χ4v) is 3.21. The summed E-state index contributed by atoms with van der Waals surface area (Å²) in [7, 11) is 1.58. The van der Waals surface area contributed by atoms with Gasteiger partial charge in [-0.05, 0) is 20.3 Å². The summed E-state index contributed by atoms with van der Waals surface area (Å²) in [5, 5.41) is 11.9. The molecule has 2 saturated heterocycles. The third kappa shape index (κ3) is 2.39. The molecule has 2 rings (SSSR count). The first-order chi connectivity index (χ1) is 9.75. The molecule has 0 radical (unpaired) electrons. The summed E-state index contributed by atoms with van der Waals surface area (Å²) in [6, 6.07) is 0. The topological polar surface area (TPSA) is 95.9 Å². The number of carbonyl (C=O) groups is 3. The Morgan fingerprint density at radius 1 is 1.38 bits per heavy atom. The maximum absolute atomic E-state index is 12.5. The first-order valence-corrected chi connectivity index (χ1v) is 7.08. The van der Waals surface area contributed by atoms with Gasteiger partial charge in [0.1, 0.15) is 5.41 Å². The fraction of sp³-hybridized carbons (Fsp3) is 0.786. The summed E-state index contributed by atoms with van der Waals surface area (Å²) in [5.41, 5.74) is -2.14. The second-order valence-electron chi connectivity index (χ2n) is 6.37. The molecule has 2 amide bonds. The summed E-state index contributed by atoms with van der Waals surface area (Å²) in [5.74, 6) is -1.79. The van der Waals surface area contributed by atoms with Crippen LogP contribution in [0.5, 0.6) is 0 Å². The highest BCUT2D eigenvalue weighted by Crippen LogP contribution is 2.43. The lowest BCUT2D eigenvalue weighted by Crippen LogP contribution is -2.50. The highest BCUT2D eigenvalue weighted by Gasteiger charge is 2.56. The monoisotopic (exact) mass is 298 g/mol. The molecule has 2 N–H and O–H groups in total. The minimum Gasteiger partial charge on any atom is -0.480 e. The van der Waals surface area contributed by atoms with Crippen molar-refractivity contribution >= 4 is 17.8 Å². The second-order valence-corrected chi connectivity index (χ2v) is 6.37. The van der Waals surface area contributed by atoms with E-state index < -0.39 is 22.7 Å². The Labute approximate surface area is 123 Å². The molecular weight excluding hydrogens is 276 g/mol. The molecule has 0 bridgehead atoms. The van der Waals surface area contributed by atoms with Gasteiger partial charge in [-0.3, -0.25) is 14.4 Å². The van der Waals surface area contributed by atoms with Gasteiger partial charge in [0.15, 0.2) is 0 Å². The second kappa shape index (κ2) is 5.29.